The van der Waals surface area contributed by atoms with Crippen molar-refractivity contribution in [3.63, 3.8) is 0 Å². The van der Waals surface area contributed by atoms with Crippen molar-refractivity contribution < 1.29 is 4.79 Å². The summed E-state index contributed by atoms with van der Waals surface area (Å²) in [4.78, 5) is 29.7. The van der Waals surface area contributed by atoms with Crippen LogP contribution in [0.2, 0.25) is 0 Å². The number of hydrogen-bond donors (Lipinski definition) is 1. The predicted octanol–water partition coefficient (Wildman–Crippen LogP) is 3.12. The fraction of sp³-hybridized carbons (Fsp3) is 0.278. The van der Waals surface area contributed by atoms with E-state index in [1.165, 1.54) is 22.2 Å². The van der Waals surface area contributed by atoms with Gasteiger partial charge in [0, 0.05) is 0 Å². The Bertz CT molecular complexity index is 886. The predicted molar refractivity (Wildman–Crippen MR) is 96.1 cm³/mol. The van der Waals surface area contributed by atoms with Crippen molar-refractivity contribution in [2.24, 2.45) is 0 Å². The lowest BCUT2D eigenvalue weighted by Crippen LogP contribution is -2.34. The number of amides is 1. The van der Waals surface area contributed by atoms with E-state index < -0.39 is 0 Å². The molecular weight excluding hydrogens is 322 g/mol. The molecule has 1 amide bonds. The SMILES string of the molecule is CCCC(NC(=O)Cn1cnc2sccc2c1=O)c1ccccc1. The number of nitrogens with one attached hydrogen (secondary N) is 1. The molecule has 1 unspecified atom stereocenters. The molecule has 3 aromatic rings. The van der Waals surface area contributed by atoms with Crippen LogP contribution in [0.3, 0.4) is 0 Å². The standard InChI is InChI=1S/C18H19N3O2S/c1-2-6-15(13-7-4-3-5-8-13)20-16(22)11-21-12-19-17-14(18(21)23)9-10-24-17/h3-5,7-10,12,15H,2,6,11H2,1H3,(H,20,22). The van der Waals surface area contributed by atoms with E-state index in [2.05, 4.69) is 17.2 Å². The Hall–Kier alpha value is -2.47. The largest absolute Gasteiger partial charge is 0.348 e. The summed E-state index contributed by atoms with van der Waals surface area (Å²) in [5.74, 6) is -0.184. The first-order valence-corrected chi connectivity index (χ1v) is 8.84. The molecule has 1 aromatic carbocycles. The highest BCUT2D eigenvalue weighted by Crippen LogP contribution is 2.18. The van der Waals surface area contributed by atoms with Crippen molar-refractivity contribution >= 4 is 27.5 Å². The van der Waals surface area contributed by atoms with Gasteiger partial charge >= 0.3 is 0 Å². The van der Waals surface area contributed by atoms with Crippen LogP contribution in [0.5, 0.6) is 0 Å². The maximum Gasteiger partial charge on any atom is 0.262 e. The number of carbonyl (C=O) groups is 1. The van der Waals surface area contributed by atoms with Crippen molar-refractivity contribution in [3.05, 3.63) is 64.0 Å². The van der Waals surface area contributed by atoms with Gasteiger partial charge < -0.3 is 5.32 Å². The topological polar surface area (TPSA) is 64.0 Å². The summed E-state index contributed by atoms with van der Waals surface area (Å²) in [6.07, 6.45) is 3.26. The van der Waals surface area contributed by atoms with Crippen LogP contribution in [0.25, 0.3) is 10.2 Å². The lowest BCUT2D eigenvalue weighted by Gasteiger charge is -2.19. The molecule has 6 heteroatoms. The maximum atomic E-state index is 12.4. The van der Waals surface area contributed by atoms with Gasteiger partial charge in [-0.2, -0.15) is 0 Å². The fourth-order valence-electron chi connectivity index (χ4n) is 2.70. The lowest BCUT2D eigenvalue weighted by molar-refractivity contribution is -0.122. The second kappa shape index (κ2) is 7.40. The molecule has 0 saturated heterocycles. The number of benzene rings is 1. The summed E-state index contributed by atoms with van der Waals surface area (Å²) in [6.45, 7) is 2.06. The molecule has 0 aliphatic rings. The summed E-state index contributed by atoms with van der Waals surface area (Å²) < 4.78 is 1.36. The van der Waals surface area contributed by atoms with Crippen LogP contribution < -0.4 is 10.9 Å². The zero-order chi connectivity index (χ0) is 16.9. The summed E-state index contributed by atoms with van der Waals surface area (Å²) in [6, 6.07) is 11.6. The van der Waals surface area contributed by atoms with Crippen LogP contribution >= 0.6 is 11.3 Å². The van der Waals surface area contributed by atoms with Crippen LogP contribution in [0.4, 0.5) is 0 Å². The van der Waals surface area contributed by atoms with Gasteiger partial charge in [-0.05, 0) is 23.4 Å². The molecule has 2 aromatic heterocycles. The third kappa shape index (κ3) is 3.54. The Labute approximate surface area is 144 Å². The van der Waals surface area contributed by atoms with Gasteiger partial charge in [0.15, 0.2) is 0 Å². The summed E-state index contributed by atoms with van der Waals surface area (Å²) in [7, 11) is 0. The highest BCUT2D eigenvalue weighted by molar-refractivity contribution is 7.16. The molecule has 1 atom stereocenters. The average molecular weight is 341 g/mol. The molecule has 124 valence electrons. The fourth-order valence-corrected chi connectivity index (χ4v) is 3.42. The molecular formula is C18H19N3O2S. The highest BCUT2D eigenvalue weighted by Gasteiger charge is 2.15. The molecule has 0 radical (unpaired) electrons. The van der Waals surface area contributed by atoms with Gasteiger partial charge in [0.1, 0.15) is 11.4 Å². The van der Waals surface area contributed by atoms with Gasteiger partial charge in [-0.15, -0.1) is 11.3 Å². The van der Waals surface area contributed by atoms with E-state index in [4.69, 9.17) is 0 Å². The smallest absolute Gasteiger partial charge is 0.262 e. The highest BCUT2D eigenvalue weighted by atomic mass is 32.1. The molecule has 5 nitrogen and oxygen atoms in total. The van der Waals surface area contributed by atoms with Crippen LogP contribution in [-0.4, -0.2) is 15.5 Å². The van der Waals surface area contributed by atoms with Crippen molar-refractivity contribution in [2.75, 3.05) is 0 Å². The van der Waals surface area contributed by atoms with E-state index in [-0.39, 0.29) is 24.1 Å². The minimum absolute atomic E-state index is 0.0231. The van der Waals surface area contributed by atoms with E-state index in [1.807, 2.05) is 35.7 Å². The zero-order valence-corrected chi connectivity index (χ0v) is 14.3. The summed E-state index contributed by atoms with van der Waals surface area (Å²) in [5.41, 5.74) is 0.898. The molecule has 0 aliphatic heterocycles. The Kier molecular flexibility index (Phi) is 5.05. The molecule has 0 spiro atoms. The molecule has 24 heavy (non-hydrogen) atoms. The molecule has 3 rings (SSSR count). The van der Waals surface area contributed by atoms with E-state index in [0.29, 0.717) is 10.2 Å². The van der Waals surface area contributed by atoms with Gasteiger partial charge in [-0.3, -0.25) is 14.2 Å². The number of nitrogens with zero attached hydrogens (tertiary/aromatic N) is 2. The molecule has 2 heterocycles. The Morgan fingerprint density at radius 1 is 1.29 bits per heavy atom. The van der Waals surface area contributed by atoms with E-state index >= 15 is 0 Å². The van der Waals surface area contributed by atoms with Crippen LogP contribution in [0.15, 0.2) is 52.9 Å². The van der Waals surface area contributed by atoms with E-state index in [9.17, 15) is 9.59 Å². The van der Waals surface area contributed by atoms with E-state index in [0.717, 1.165) is 18.4 Å². The van der Waals surface area contributed by atoms with Crippen molar-refractivity contribution in [3.8, 4) is 0 Å². The van der Waals surface area contributed by atoms with Crippen molar-refractivity contribution in [2.45, 2.75) is 32.4 Å². The van der Waals surface area contributed by atoms with Gasteiger partial charge in [0.25, 0.3) is 5.56 Å². The minimum Gasteiger partial charge on any atom is -0.348 e. The minimum atomic E-state index is -0.184. The Morgan fingerprint density at radius 2 is 2.08 bits per heavy atom. The first kappa shape index (κ1) is 16.4. The monoisotopic (exact) mass is 341 g/mol. The maximum absolute atomic E-state index is 12.4. The van der Waals surface area contributed by atoms with E-state index in [1.54, 1.807) is 6.07 Å². The molecule has 0 aliphatic carbocycles. The second-order valence-electron chi connectivity index (χ2n) is 5.64. The zero-order valence-electron chi connectivity index (χ0n) is 13.4. The number of thiophene rings is 1. The van der Waals surface area contributed by atoms with Gasteiger partial charge in [-0.1, -0.05) is 43.7 Å². The normalized spacial score (nSPS) is 12.2. The Balaban J connectivity index is 1.75. The molecule has 0 fully saturated rings. The summed E-state index contributed by atoms with van der Waals surface area (Å²) >= 11 is 1.42. The first-order chi connectivity index (χ1) is 11.7. The molecule has 0 saturated carbocycles. The number of hydrogen-bond acceptors (Lipinski definition) is 4. The van der Waals surface area contributed by atoms with Gasteiger partial charge in [-0.25, -0.2) is 4.98 Å². The van der Waals surface area contributed by atoms with Crippen LogP contribution in [-0.2, 0) is 11.3 Å². The Morgan fingerprint density at radius 3 is 2.83 bits per heavy atom. The number of rotatable bonds is 6. The van der Waals surface area contributed by atoms with Gasteiger partial charge in [0.05, 0.1) is 17.8 Å². The average Bonchev–Trinajstić information content (AvgIpc) is 3.07. The number of aromatic nitrogens is 2. The number of fused-ring (bicyclic) bond motifs is 1. The quantitative estimate of drug-likeness (QED) is 0.749. The third-order valence-electron chi connectivity index (χ3n) is 3.88. The van der Waals surface area contributed by atoms with Gasteiger partial charge in [0.2, 0.25) is 5.91 Å². The second-order valence-corrected chi connectivity index (χ2v) is 6.53. The van der Waals surface area contributed by atoms with Crippen molar-refractivity contribution in [1.82, 2.24) is 14.9 Å². The van der Waals surface area contributed by atoms with Crippen LogP contribution in [0.1, 0.15) is 31.4 Å². The molecule has 0 bridgehead atoms. The van der Waals surface area contributed by atoms with Crippen LogP contribution in [0, 0.1) is 0 Å². The molecule has 1 N–H and O–H groups in total. The third-order valence-corrected chi connectivity index (χ3v) is 4.70. The lowest BCUT2D eigenvalue weighted by atomic mass is 10.0. The summed E-state index contributed by atoms with van der Waals surface area (Å²) in [5, 5.41) is 5.42. The first-order valence-electron chi connectivity index (χ1n) is 7.96. The van der Waals surface area contributed by atoms with Crippen molar-refractivity contribution in [1.29, 1.82) is 0 Å². The number of carbonyl (C=O) groups excluding carboxylic acids is 1.